The molecule has 0 aromatic carbocycles. The van der Waals surface area contributed by atoms with Gasteiger partial charge in [0.1, 0.15) is 6.26 Å². The lowest BCUT2D eigenvalue weighted by Crippen LogP contribution is -2.15. The van der Waals surface area contributed by atoms with Gasteiger partial charge in [-0.15, -0.1) is 0 Å². The molecule has 1 N–H and O–H groups in total. The molecule has 0 aliphatic heterocycles. The van der Waals surface area contributed by atoms with Crippen molar-refractivity contribution in [2.45, 2.75) is 39.2 Å². The second-order valence-corrected chi connectivity index (χ2v) is 4.52. The quantitative estimate of drug-likeness (QED) is 0.816. The van der Waals surface area contributed by atoms with E-state index in [9.17, 15) is 4.79 Å². The molecule has 1 aromatic rings. The highest BCUT2D eigenvalue weighted by molar-refractivity contribution is 5.87. The zero-order valence-electron chi connectivity index (χ0n) is 10.2. The molecule has 5 nitrogen and oxygen atoms in total. The van der Waals surface area contributed by atoms with Crippen LogP contribution in [0.25, 0.3) is 0 Å². The van der Waals surface area contributed by atoms with Crippen LogP contribution in [0.4, 0.5) is 6.01 Å². The Labute approximate surface area is 101 Å². The molecule has 1 fully saturated rings. The lowest BCUT2D eigenvalue weighted by molar-refractivity contribution is 0.0519. The molecule has 0 amide bonds. The van der Waals surface area contributed by atoms with Crippen LogP contribution in [0.2, 0.25) is 0 Å². The van der Waals surface area contributed by atoms with Gasteiger partial charge in [-0.1, -0.05) is 6.92 Å². The molecule has 1 aliphatic carbocycles. The van der Waals surface area contributed by atoms with Crippen LogP contribution in [0.3, 0.4) is 0 Å². The summed E-state index contributed by atoms with van der Waals surface area (Å²) >= 11 is 0. The maximum absolute atomic E-state index is 11.4. The minimum atomic E-state index is -0.441. The number of anilines is 1. The van der Waals surface area contributed by atoms with Crippen molar-refractivity contribution >= 4 is 12.0 Å². The Morgan fingerprint density at radius 1 is 1.65 bits per heavy atom. The zero-order valence-corrected chi connectivity index (χ0v) is 10.2. The van der Waals surface area contributed by atoms with Crippen LogP contribution in [0.5, 0.6) is 0 Å². The van der Waals surface area contributed by atoms with Crippen molar-refractivity contribution in [1.82, 2.24) is 4.98 Å². The predicted molar refractivity (Wildman–Crippen MR) is 62.9 cm³/mol. The minimum Gasteiger partial charge on any atom is -0.461 e. The molecule has 0 bridgehead atoms. The summed E-state index contributed by atoms with van der Waals surface area (Å²) in [5.41, 5.74) is 0.223. The summed E-state index contributed by atoms with van der Waals surface area (Å²) < 4.78 is 10.0. The van der Waals surface area contributed by atoms with E-state index in [1.54, 1.807) is 6.92 Å². The first-order valence-electron chi connectivity index (χ1n) is 6.08. The first kappa shape index (κ1) is 12.0. The molecule has 1 aliphatic rings. The topological polar surface area (TPSA) is 64.4 Å². The van der Waals surface area contributed by atoms with E-state index in [1.165, 1.54) is 12.7 Å². The normalized spacial score (nSPS) is 23.6. The molecular formula is C12H18N2O3. The number of hydrogen-bond donors (Lipinski definition) is 1. The van der Waals surface area contributed by atoms with Crippen LogP contribution < -0.4 is 5.32 Å². The molecule has 1 aromatic heterocycles. The number of carbonyl (C=O) groups is 1. The van der Waals surface area contributed by atoms with Crippen LogP contribution in [0.15, 0.2) is 10.7 Å². The molecule has 1 heterocycles. The van der Waals surface area contributed by atoms with Crippen LogP contribution in [-0.4, -0.2) is 23.6 Å². The van der Waals surface area contributed by atoms with Gasteiger partial charge in [0.05, 0.1) is 6.61 Å². The number of ether oxygens (including phenoxy) is 1. The Balaban J connectivity index is 1.92. The summed E-state index contributed by atoms with van der Waals surface area (Å²) in [5, 5.41) is 3.20. The summed E-state index contributed by atoms with van der Waals surface area (Å²) in [6.45, 7) is 4.34. The van der Waals surface area contributed by atoms with E-state index in [-0.39, 0.29) is 5.69 Å². The third kappa shape index (κ3) is 2.99. The van der Waals surface area contributed by atoms with Crippen molar-refractivity contribution in [2.75, 3.05) is 11.9 Å². The molecule has 0 saturated heterocycles. The third-order valence-electron chi connectivity index (χ3n) is 3.01. The van der Waals surface area contributed by atoms with Gasteiger partial charge in [0.15, 0.2) is 5.69 Å². The van der Waals surface area contributed by atoms with Gasteiger partial charge < -0.3 is 14.5 Å². The number of oxazole rings is 1. The van der Waals surface area contributed by atoms with Crippen molar-refractivity contribution < 1.29 is 13.9 Å². The van der Waals surface area contributed by atoms with Gasteiger partial charge in [-0.2, -0.15) is 4.98 Å². The fourth-order valence-electron chi connectivity index (χ4n) is 2.15. The molecule has 94 valence electrons. The molecule has 1 saturated carbocycles. The highest BCUT2D eigenvalue weighted by Crippen LogP contribution is 2.27. The monoisotopic (exact) mass is 238 g/mol. The lowest BCUT2D eigenvalue weighted by atomic mass is 10.1. The van der Waals surface area contributed by atoms with Crippen LogP contribution >= 0.6 is 0 Å². The number of nitrogens with zero attached hydrogens (tertiary/aromatic N) is 1. The summed E-state index contributed by atoms with van der Waals surface area (Å²) in [4.78, 5) is 15.4. The maximum atomic E-state index is 11.4. The van der Waals surface area contributed by atoms with E-state index in [4.69, 9.17) is 9.15 Å². The average molecular weight is 238 g/mol. The molecule has 0 radical (unpaired) electrons. The Kier molecular flexibility index (Phi) is 3.66. The Bertz CT molecular complexity index is 389. The fourth-order valence-corrected chi connectivity index (χ4v) is 2.15. The first-order chi connectivity index (χ1) is 8.19. The highest BCUT2D eigenvalue weighted by atomic mass is 16.5. The SMILES string of the molecule is CCOC(=O)c1coc(NC2CCC(C)C2)n1. The molecule has 2 atom stereocenters. The van der Waals surface area contributed by atoms with Gasteiger partial charge in [0.25, 0.3) is 6.01 Å². The van der Waals surface area contributed by atoms with Gasteiger partial charge in [-0.3, -0.25) is 0 Å². The van der Waals surface area contributed by atoms with Gasteiger partial charge >= 0.3 is 5.97 Å². The van der Waals surface area contributed by atoms with Gasteiger partial charge in [-0.05, 0) is 32.1 Å². The first-order valence-corrected chi connectivity index (χ1v) is 6.08. The predicted octanol–water partition coefficient (Wildman–Crippen LogP) is 2.45. The maximum Gasteiger partial charge on any atom is 0.360 e. The number of aromatic nitrogens is 1. The summed E-state index contributed by atoms with van der Waals surface area (Å²) in [6, 6.07) is 0.811. The third-order valence-corrected chi connectivity index (χ3v) is 3.01. The molecule has 2 unspecified atom stereocenters. The largest absolute Gasteiger partial charge is 0.461 e. The van der Waals surface area contributed by atoms with Crippen molar-refractivity contribution in [3.8, 4) is 0 Å². The zero-order chi connectivity index (χ0) is 12.3. The number of carbonyl (C=O) groups excluding carboxylic acids is 1. The summed E-state index contributed by atoms with van der Waals surface area (Å²) in [5.74, 6) is 0.302. The van der Waals surface area contributed by atoms with E-state index < -0.39 is 5.97 Å². The Morgan fingerprint density at radius 3 is 3.12 bits per heavy atom. The number of nitrogens with one attached hydrogen (secondary N) is 1. The van der Waals surface area contributed by atoms with Crippen LogP contribution in [-0.2, 0) is 4.74 Å². The Morgan fingerprint density at radius 2 is 2.47 bits per heavy atom. The van der Waals surface area contributed by atoms with E-state index in [2.05, 4.69) is 17.2 Å². The van der Waals surface area contributed by atoms with E-state index in [0.717, 1.165) is 18.8 Å². The molecular weight excluding hydrogens is 220 g/mol. The number of hydrogen-bond acceptors (Lipinski definition) is 5. The van der Waals surface area contributed by atoms with Crippen molar-refractivity contribution in [2.24, 2.45) is 5.92 Å². The van der Waals surface area contributed by atoms with E-state index >= 15 is 0 Å². The molecule has 0 spiro atoms. The van der Waals surface area contributed by atoms with Crippen molar-refractivity contribution in [3.63, 3.8) is 0 Å². The number of rotatable bonds is 4. The van der Waals surface area contributed by atoms with Crippen molar-refractivity contribution in [3.05, 3.63) is 12.0 Å². The lowest BCUT2D eigenvalue weighted by Gasteiger charge is -2.09. The second kappa shape index (κ2) is 5.21. The van der Waals surface area contributed by atoms with E-state index in [0.29, 0.717) is 18.7 Å². The second-order valence-electron chi connectivity index (χ2n) is 4.52. The molecule has 17 heavy (non-hydrogen) atoms. The van der Waals surface area contributed by atoms with Gasteiger partial charge in [0.2, 0.25) is 0 Å². The standard InChI is InChI=1S/C12H18N2O3/c1-3-16-11(15)10-7-17-12(14-10)13-9-5-4-8(2)6-9/h7-9H,3-6H2,1-2H3,(H,13,14). The number of esters is 1. The van der Waals surface area contributed by atoms with Crippen LogP contribution in [0.1, 0.15) is 43.6 Å². The Hall–Kier alpha value is -1.52. The summed E-state index contributed by atoms with van der Waals surface area (Å²) in [7, 11) is 0. The molecule has 2 rings (SSSR count). The van der Waals surface area contributed by atoms with E-state index in [1.807, 2.05) is 0 Å². The van der Waals surface area contributed by atoms with Gasteiger partial charge in [-0.25, -0.2) is 4.79 Å². The smallest absolute Gasteiger partial charge is 0.360 e. The van der Waals surface area contributed by atoms with Crippen LogP contribution in [0, 0.1) is 5.92 Å². The van der Waals surface area contributed by atoms with Crippen molar-refractivity contribution in [1.29, 1.82) is 0 Å². The fraction of sp³-hybridized carbons (Fsp3) is 0.667. The highest BCUT2D eigenvalue weighted by Gasteiger charge is 2.23. The van der Waals surface area contributed by atoms with Gasteiger partial charge in [0, 0.05) is 6.04 Å². The molecule has 5 heteroatoms. The average Bonchev–Trinajstić information content (AvgIpc) is 2.89. The summed E-state index contributed by atoms with van der Waals surface area (Å²) in [6.07, 6.45) is 4.80. The minimum absolute atomic E-state index is 0.223.